The summed E-state index contributed by atoms with van der Waals surface area (Å²) in [6.45, 7) is 1.45. The maximum absolute atomic E-state index is 11.5. The van der Waals surface area contributed by atoms with E-state index in [1.807, 2.05) is 6.07 Å². The number of rotatable bonds is 5. The van der Waals surface area contributed by atoms with Crippen molar-refractivity contribution >= 4 is 11.9 Å². The highest BCUT2D eigenvalue weighted by Crippen LogP contribution is 2.20. The quantitative estimate of drug-likeness (QED) is 0.793. The monoisotopic (exact) mass is 278 g/mol. The number of carbonyl (C=O) groups is 2. The third-order valence-corrected chi connectivity index (χ3v) is 3.48. The van der Waals surface area contributed by atoms with Crippen molar-refractivity contribution in [2.24, 2.45) is 5.73 Å². The van der Waals surface area contributed by atoms with Crippen LogP contribution in [0.2, 0.25) is 0 Å². The Balaban J connectivity index is 2.15. The standard InChI is InChI=1S/C14H18N2O4/c15-13(17)12-9-20-7-6-16(12)8-11(14(18)19)10-4-2-1-3-5-10/h1-5,11-12H,6-9H2,(H2,15,17)(H,18,19). The van der Waals surface area contributed by atoms with Crippen LogP contribution in [-0.4, -0.2) is 54.2 Å². The number of aliphatic carboxylic acids is 1. The Morgan fingerprint density at radius 2 is 2.10 bits per heavy atom. The number of hydrogen-bond acceptors (Lipinski definition) is 4. The lowest BCUT2D eigenvalue weighted by atomic mass is 9.97. The molecule has 108 valence electrons. The van der Waals surface area contributed by atoms with Gasteiger partial charge in [0, 0.05) is 13.1 Å². The third kappa shape index (κ3) is 3.34. The Kier molecular flexibility index (Phi) is 4.70. The SMILES string of the molecule is NC(=O)C1COCCN1CC(C(=O)O)c1ccccc1. The fourth-order valence-corrected chi connectivity index (χ4v) is 2.36. The number of primary amides is 1. The molecule has 1 amide bonds. The molecule has 0 aromatic heterocycles. The summed E-state index contributed by atoms with van der Waals surface area (Å²) in [5, 5.41) is 9.41. The van der Waals surface area contributed by atoms with Gasteiger partial charge >= 0.3 is 5.97 Å². The van der Waals surface area contributed by atoms with Crippen LogP contribution in [0.5, 0.6) is 0 Å². The minimum absolute atomic E-state index is 0.219. The number of nitrogens with zero attached hydrogens (tertiary/aromatic N) is 1. The van der Waals surface area contributed by atoms with Crippen LogP contribution in [0.15, 0.2) is 30.3 Å². The molecule has 1 aliphatic heterocycles. The van der Waals surface area contributed by atoms with Gasteiger partial charge in [-0.2, -0.15) is 0 Å². The Morgan fingerprint density at radius 3 is 2.70 bits per heavy atom. The first-order valence-corrected chi connectivity index (χ1v) is 6.48. The number of morpholine rings is 1. The molecule has 0 radical (unpaired) electrons. The zero-order chi connectivity index (χ0) is 14.5. The summed E-state index contributed by atoms with van der Waals surface area (Å²) in [6.07, 6.45) is 0. The van der Waals surface area contributed by atoms with E-state index < -0.39 is 23.8 Å². The summed E-state index contributed by atoms with van der Waals surface area (Å²) in [5.41, 5.74) is 6.06. The molecule has 0 spiro atoms. The van der Waals surface area contributed by atoms with Crippen molar-refractivity contribution in [3.8, 4) is 0 Å². The number of ether oxygens (including phenoxy) is 1. The topological polar surface area (TPSA) is 92.9 Å². The van der Waals surface area contributed by atoms with Crippen LogP contribution in [0.3, 0.4) is 0 Å². The Hall–Kier alpha value is -1.92. The van der Waals surface area contributed by atoms with Crippen LogP contribution in [-0.2, 0) is 14.3 Å². The predicted molar refractivity (Wildman–Crippen MR) is 72.2 cm³/mol. The van der Waals surface area contributed by atoms with E-state index in [4.69, 9.17) is 10.5 Å². The molecular weight excluding hydrogens is 260 g/mol. The Morgan fingerprint density at radius 1 is 1.40 bits per heavy atom. The van der Waals surface area contributed by atoms with E-state index in [1.165, 1.54) is 0 Å². The highest BCUT2D eigenvalue weighted by Gasteiger charge is 2.32. The van der Waals surface area contributed by atoms with Gasteiger partial charge in [0.05, 0.1) is 19.1 Å². The van der Waals surface area contributed by atoms with Gasteiger partial charge < -0.3 is 15.6 Å². The van der Waals surface area contributed by atoms with E-state index in [1.54, 1.807) is 29.2 Å². The molecule has 0 saturated carbocycles. The largest absolute Gasteiger partial charge is 0.481 e. The number of amides is 1. The molecule has 1 heterocycles. The first kappa shape index (κ1) is 14.5. The molecule has 6 nitrogen and oxygen atoms in total. The van der Waals surface area contributed by atoms with Crippen molar-refractivity contribution in [3.05, 3.63) is 35.9 Å². The lowest BCUT2D eigenvalue weighted by molar-refractivity contribution is -0.141. The lowest BCUT2D eigenvalue weighted by Gasteiger charge is -2.35. The molecule has 1 aliphatic rings. The zero-order valence-electron chi connectivity index (χ0n) is 11.1. The van der Waals surface area contributed by atoms with Crippen LogP contribution >= 0.6 is 0 Å². The van der Waals surface area contributed by atoms with Gasteiger partial charge in [-0.15, -0.1) is 0 Å². The molecule has 2 unspecified atom stereocenters. The second kappa shape index (κ2) is 6.49. The summed E-state index contributed by atoms with van der Waals surface area (Å²) in [7, 11) is 0. The van der Waals surface area contributed by atoms with Gasteiger partial charge in [-0.25, -0.2) is 0 Å². The first-order chi connectivity index (χ1) is 9.59. The maximum atomic E-state index is 11.5. The van der Waals surface area contributed by atoms with Crippen molar-refractivity contribution in [2.45, 2.75) is 12.0 Å². The van der Waals surface area contributed by atoms with Crippen LogP contribution in [0.1, 0.15) is 11.5 Å². The number of benzene rings is 1. The van der Waals surface area contributed by atoms with E-state index >= 15 is 0 Å². The molecule has 1 saturated heterocycles. The average molecular weight is 278 g/mol. The Bertz CT molecular complexity index is 477. The fraction of sp³-hybridized carbons (Fsp3) is 0.429. The summed E-state index contributed by atoms with van der Waals surface area (Å²) in [4.78, 5) is 24.7. The number of nitrogens with two attached hydrogens (primary N) is 1. The molecule has 2 atom stereocenters. The molecular formula is C14H18N2O4. The van der Waals surface area contributed by atoms with Crippen LogP contribution in [0, 0.1) is 0 Å². The van der Waals surface area contributed by atoms with Crippen molar-refractivity contribution in [1.29, 1.82) is 0 Å². The van der Waals surface area contributed by atoms with Crippen molar-refractivity contribution in [1.82, 2.24) is 4.90 Å². The van der Waals surface area contributed by atoms with E-state index in [-0.39, 0.29) is 13.2 Å². The van der Waals surface area contributed by atoms with Crippen molar-refractivity contribution < 1.29 is 19.4 Å². The van der Waals surface area contributed by atoms with Crippen LogP contribution in [0.25, 0.3) is 0 Å². The molecule has 1 fully saturated rings. The van der Waals surface area contributed by atoms with Crippen molar-refractivity contribution in [2.75, 3.05) is 26.3 Å². The molecule has 2 rings (SSSR count). The van der Waals surface area contributed by atoms with Crippen molar-refractivity contribution in [3.63, 3.8) is 0 Å². The summed E-state index contributed by atoms with van der Waals surface area (Å²) >= 11 is 0. The maximum Gasteiger partial charge on any atom is 0.312 e. The molecule has 0 bridgehead atoms. The number of carboxylic acids is 1. The zero-order valence-corrected chi connectivity index (χ0v) is 11.1. The summed E-state index contributed by atoms with van der Waals surface area (Å²) in [5.74, 6) is -2.08. The lowest BCUT2D eigenvalue weighted by Crippen LogP contribution is -2.53. The second-order valence-electron chi connectivity index (χ2n) is 4.79. The van der Waals surface area contributed by atoms with Gasteiger partial charge in [-0.05, 0) is 5.56 Å². The fourth-order valence-electron chi connectivity index (χ4n) is 2.36. The second-order valence-corrected chi connectivity index (χ2v) is 4.79. The average Bonchev–Trinajstić information content (AvgIpc) is 2.45. The van der Waals surface area contributed by atoms with Crippen LogP contribution in [0.4, 0.5) is 0 Å². The summed E-state index contributed by atoms with van der Waals surface area (Å²) < 4.78 is 5.23. The predicted octanol–water partition coefficient (Wildman–Crippen LogP) is 0.0409. The Labute approximate surface area is 117 Å². The number of hydrogen-bond donors (Lipinski definition) is 2. The normalized spacial score (nSPS) is 21.3. The van der Waals surface area contributed by atoms with E-state index in [0.717, 1.165) is 5.56 Å². The molecule has 6 heteroatoms. The highest BCUT2D eigenvalue weighted by atomic mass is 16.5. The molecule has 3 N–H and O–H groups in total. The minimum Gasteiger partial charge on any atom is -0.481 e. The van der Waals surface area contributed by atoms with E-state index in [2.05, 4.69) is 0 Å². The molecule has 0 aliphatic carbocycles. The number of carboxylic acid groups (broad SMARTS) is 1. The third-order valence-electron chi connectivity index (χ3n) is 3.48. The minimum atomic E-state index is -0.911. The van der Waals surface area contributed by atoms with Gasteiger partial charge in [0.1, 0.15) is 6.04 Å². The van der Waals surface area contributed by atoms with Crippen LogP contribution < -0.4 is 5.73 Å². The summed E-state index contributed by atoms with van der Waals surface area (Å²) in [6, 6.07) is 8.43. The highest BCUT2D eigenvalue weighted by molar-refractivity contribution is 5.80. The molecule has 1 aromatic rings. The van der Waals surface area contributed by atoms with Gasteiger partial charge in [0.2, 0.25) is 5.91 Å². The van der Waals surface area contributed by atoms with Gasteiger partial charge in [0.15, 0.2) is 0 Å². The first-order valence-electron chi connectivity index (χ1n) is 6.48. The number of carbonyl (C=O) groups excluding carboxylic acids is 1. The van der Waals surface area contributed by atoms with E-state index in [9.17, 15) is 14.7 Å². The van der Waals surface area contributed by atoms with E-state index in [0.29, 0.717) is 13.2 Å². The van der Waals surface area contributed by atoms with Gasteiger partial charge in [-0.1, -0.05) is 30.3 Å². The molecule has 1 aromatic carbocycles. The molecule has 20 heavy (non-hydrogen) atoms. The smallest absolute Gasteiger partial charge is 0.312 e. The van der Waals surface area contributed by atoms with Gasteiger partial charge in [0.25, 0.3) is 0 Å². The van der Waals surface area contributed by atoms with Gasteiger partial charge in [-0.3, -0.25) is 14.5 Å².